The Morgan fingerprint density at radius 3 is 2.58 bits per heavy atom. The van der Waals surface area contributed by atoms with Crippen molar-refractivity contribution in [3.05, 3.63) is 52.8 Å². The number of aryl methyl sites for hydroxylation is 1. The number of benzene rings is 1. The van der Waals surface area contributed by atoms with Crippen LogP contribution >= 0.6 is 11.6 Å². The lowest BCUT2D eigenvalue weighted by molar-refractivity contribution is 1.05. The van der Waals surface area contributed by atoms with E-state index in [0.717, 1.165) is 16.9 Å². The van der Waals surface area contributed by atoms with Gasteiger partial charge in [0.25, 0.3) is 0 Å². The normalized spacial score (nSPS) is 10.2. The van der Waals surface area contributed by atoms with E-state index in [9.17, 15) is 0 Å². The number of hydrogen-bond donors (Lipinski definition) is 3. The summed E-state index contributed by atoms with van der Waals surface area (Å²) in [7, 11) is 0. The number of aromatic amines is 1. The molecule has 0 aliphatic heterocycles. The van der Waals surface area contributed by atoms with Gasteiger partial charge in [0, 0.05) is 23.5 Å². The van der Waals surface area contributed by atoms with Crippen LogP contribution in [0.3, 0.4) is 0 Å². The predicted molar refractivity (Wildman–Crippen MR) is 92.7 cm³/mol. The predicted octanol–water partition coefficient (Wildman–Crippen LogP) is 3.71. The summed E-state index contributed by atoms with van der Waals surface area (Å²) >= 11 is 6.06. The minimum Gasteiger partial charge on any atom is -0.324 e. The molecule has 0 spiro atoms. The fourth-order valence-corrected chi connectivity index (χ4v) is 2.26. The van der Waals surface area contributed by atoms with Crippen molar-refractivity contribution in [1.29, 1.82) is 5.26 Å². The van der Waals surface area contributed by atoms with Gasteiger partial charge in [-0.1, -0.05) is 23.7 Å². The minimum atomic E-state index is 0.309. The molecule has 0 atom stereocenters. The van der Waals surface area contributed by atoms with Crippen LogP contribution in [0, 0.1) is 18.3 Å². The fourth-order valence-electron chi connectivity index (χ4n) is 2.08. The second kappa shape index (κ2) is 6.98. The second-order valence-corrected chi connectivity index (χ2v) is 5.50. The summed E-state index contributed by atoms with van der Waals surface area (Å²) < 4.78 is 0. The molecule has 3 aromatic rings. The van der Waals surface area contributed by atoms with Gasteiger partial charge >= 0.3 is 0 Å². The third-order valence-electron chi connectivity index (χ3n) is 3.15. The van der Waals surface area contributed by atoms with Crippen molar-refractivity contribution in [1.82, 2.24) is 20.2 Å². The van der Waals surface area contributed by atoms with E-state index in [1.807, 2.05) is 37.3 Å². The Labute approximate surface area is 143 Å². The molecule has 0 radical (unpaired) electrons. The van der Waals surface area contributed by atoms with Crippen molar-refractivity contribution in [2.24, 2.45) is 0 Å². The minimum absolute atomic E-state index is 0.309. The van der Waals surface area contributed by atoms with Crippen LogP contribution in [-0.2, 0) is 6.42 Å². The summed E-state index contributed by atoms with van der Waals surface area (Å²) in [5, 5.41) is 22.1. The third-order valence-corrected chi connectivity index (χ3v) is 3.34. The van der Waals surface area contributed by atoms with Gasteiger partial charge in [0.15, 0.2) is 5.82 Å². The summed E-state index contributed by atoms with van der Waals surface area (Å²) in [6.45, 7) is 1.91. The number of aromatic nitrogens is 4. The van der Waals surface area contributed by atoms with Gasteiger partial charge in [-0.3, -0.25) is 5.10 Å². The van der Waals surface area contributed by atoms with E-state index in [1.54, 1.807) is 6.07 Å². The van der Waals surface area contributed by atoms with Crippen molar-refractivity contribution in [2.45, 2.75) is 13.3 Å². The Bertz CT molecular complexity index is 880. The van der Waals surface area contributed by atoms with Gasteiger partial charge in [0.05, 0.1) is 12.5 Å². The SMILES string of the molecule is Cc1cc(Nc2cc(Cl)nc(Nc3ccc(CC#N)cc3)n2)n[nH]1. The number of anilines is 4. The van der Waals surface area contributed by atoms with Crippen LogP contribution < -0.4 is 10.6 Å². The molecule has 3 rings (SSSR count). The molecule has 24 heavy (non-hydrogen) atoms. The van der Waals surface area contributed by atoms with Crippen molar-refractivity contribution in [3.63, 3.8) is 0 Å². The van der Waals surface area contributed by atoms with Crippen LogP contribution in [-0.4, -0.2) is 20.2 Å². The maximum atomic E-state index is 8.69. The Kier molecular flexibility index (Phi) is 4.59. The monoisotopic (exact) mass is 339 g/mol. The fraction of sp³-hybridized carbons (Fsp3) is 0.125. The maximum Gasteiger partial charge on any atom is 0.230 e. The van der Waals surface area contributed by atoms with Gasteiger partial charge in [-0.05, 0) is 24.6 Å². The quantitative estimate of drug-likeness (QED) is 0.612. The summed E-state index contributed by atoms with van der Waals surface area (Å²) in [6, 6.07) is 13.1. The standard InChI is InChI=1S/C16H14ClN7/c1-10-8-15(24-23-10)21-14-9-13(17)20-16(22-14)19-12-4-2-11(3-5-12)6-7-18/h2-5,8-9H,6H2,1H3,(H3,19,20,21,22,23,24). The zero-order valence-corrected chi connectivity index (χ0v) is 13.6. The van der Waals surface area contributed by atoms with Crippen molar-refractivity contribution in [2.75, 3.05) is 10.6 Å². The molecule has 8 heteroatoms. The summed E-state index contributed by atoms with van der Waals surface area (Å²) in [5.41, 5.74) is 2.69. The molecule has 2 heterocycles. The van der Waals surface area contributed by atoms with Gasteiger partial charge in [0.1, 0.15) is 11.0 Å². The second-order valence-electron chi connectivity index (χ2n) is 5.12. The number of H-pyrrole nitrogens is 1. The number of nitrogens with zero attached hydrogens (tertiary/aromatic N) is 4. The number of hydrogen-bond acceptors (Lipinski definition) is 6. The van der Waals surface area contributed by atoms with Gasteiger partial charge in [0.2, 0.25) is 5.95 Å². The maximum absolute atomic E-state index is 8.69. The molecule has 0 saturated heterocycles. The van der Waals surface area contributed by atoms with Gasteiger partial charge in [-0.25, -0.2) is 4.98 Å². The Hall–Kier alpha value is -3.11. The lowest BCUT2D eigenvalue weighted by atomic mass is 10.1. The topological polar surface area (TPSA) is 102 Å². The molecular weight excluding hydrogens is 326 g/mol. The first-order valence-electron chi connectivity index (χ1n) is 7.19. The van der Waals surface area contributed by atoms with E-state index in [-0.39, 0.29) is 0 Å². The summed E-state index contributed by atoms with van der Waals surface area (Å²) in [6.07, 6.45) is 0.380. The third kappa shape index (κ3) is 4.00. The van der Waals surface area contributed by atoms with Gasteiger partial charge < -0.3 is 10.6 Å². The molecule has 0 aliphatic carbocycles. The number of halogens is 1. The molecule has 2 aromatic heterocycles. The first kappa shape index (κ1) is 15.8. The van der Waals surface area contributed by atoms with Crippen LogP contribution in [0.15, 0.2) is 36.4 Å². The molecule has 0 saturated carbocycles. The van der Waals surface area contributed by atoms with E-state index >= 15 is 0 Å². The average molecular weight is 340 g/mol. The van der Waals surface area contributed by atoms with Gasteiger partial charge in [-0.2, -0.15) is 15.3 Å². The van der Waals surface area contributed by atoms with Crippen LogP contribution in [0.5, 0.6) is 0 Å². The van der Waals surface area contributed by atoms with Gasteiger partial charge in [-0.15, -0.1) is 0 Å². The molecule has 120 valence electrons. The van der Waals surface area contributed by atoms with Crippen LogP contribution in [0.25, 0.3) is 0 Å². The summed E-state index contributed by atoms with van der Waals surface area (Å²) in [4.78, 5) is 8.53. The highest BCUT2D eigenvalue weighted by atomic mass is 35.5. The zero-order chi connectivity index (χ0) is 16.9. The lowest BCUT2D eigenvalue weighted by Crippen LogP contribution is -2.01. The first-order valence-corrected chi connectivity index (χ1v) is 7.57. The van der Waals surface area contributed by atoms with E-state index in [4.69, 9.17) is 16.9 Å². The number of nitrogens with one attached hydrogen (secondary N) is 3. The summed E-state index contributed by atoms with van der Waals surface area (Å²) in [5.74, 6) is 1.55. The van der Waals surface area contributed by atoms with Crippen molar-refractivity contribution in [3.8, 4) is 6.07 Å². The Morgan fingerprint density at radius 1 is 1.12 bits per heavy atom. The van der Waals surface area contributed by atoms with Crippen LogP contribution in [0.4, 0.5) is 23.3 Å². The molecule has 3 N–H and O–H groups in total. The molecule has 0 unspecified atom stereocenters. The van der Waals surface area contributed by atoms with E-state index < -0.39 is 0 Å². The molecule has 0 fully saturated rings. The molecule has 7 nitrogen and oxygen atoms in total. The highest BCUT2D eigenvalue weighted by molar-refractivity contribution is 6.29. The zero-order valence-electron chi connectivity index (χ0n) is 12.8. The molecular formula is C16H14ClN7. The largest absolute Gasteiger partial charge is 0.324 e. The van der Waals surface area contributed by atoms with E-state index in [2.05, 4.69) is 36.9 Å². The average Bonchev–Trinajstić information content (AvgIpc) is 2.94. The first-order chi connectivity index (χ1) is 11.6. The van der Waals surface area contributed by atoms with E-state index in [0.29, 0.717) is 29.2 Å². The Balaban J connectivity index is 1.77. The lowest BCUT2D eigenvalue weighted by Gasteiger charge is -2.08. The van der Waals surface area contributed by atoms with Crippen LogP contribution in [0.2, 0.25) is 5.15 Å². The highest BCUT2D eigenvalue weighted by Crippen LogP contribution is 2.21. The molecule has 0 amide bonds. The van der Waals surface area contributed by atoms with Crippen molar-refractivity contribution < 1.29 is 0 Å². The number of rotatable bonds is 5. The smallest absolute Gasteiger partial charge is 0.230 e. The Morgan fingerprint density at radius 2 is 1.92 bits per heavy atom. The molecule has 0 bridgehead atoms. The number of nitriles is 1. The molecule has 0 aliphatic rings. The van der Waals surface area contributed by atoms with Crippen LogP contribution in [0.1, 0.15) is 11.3 Å². The van der Waals surface area contributed by atoms with E-state index in [1.165, 1.54) is 0 Å². The molecule has 1 aromatic carbocycles. The highest BCUT2D eigenvalue weighted by Gasteiger charge is 2.06. The van der Waals surface area contributed by atoms with Crippen molar-refractivity contribution >= 4 is 34.9 Å².